The van der Waals surface area contributed by atoms with Crippen LogP contribution in [0, 0.1) is 11.8 Å². The number of esters is 1. The topological polar surface area (TPSA) is 144 Å². The van der Waals surface area contributed by atoms with E-state index in [1.165, 1.54) is 18.9 Å². The molecule has 1 N–H and O–H groups in total. The number of aliphatic hydroxyl groups is 1. The molecular weight excluding hydrogens is 712 g/mol. The van der Waals surface area contributed by atoms with Crippen molar-refractivity contribution >= 4 is 17.7 Å². The van der Waals surface area contributed by atoms with E-state index in [0.29, 0.717) is 33.0 Å². The molecule has 0 aliphatic carbocycles. The fraction of sp³-hybridized carbons (Fsp3) is 0.659. The Labute approximate surface area is 326 Å². The van der Waals surface area contributed by atoms with Crippen molar-refractivity contribution < 1.29 is 57.3 Å². The molecule has 0 spiro atoms. The molecule has 14 nitrogen and oxygen atoms in total. The Bertz CT molecular complexity index is 1440. The molecule has 4 rings (SSSR count). The number of nitrogens with zero attached hydrogens (tertiary/aromatic N) is 2. The van der Waals surface area contributed by atoms with Gasteiger partial charge in [0.25, 0.3) is 0 Å². The van der Waals surface area contributed by atoms with E-state index in [2.05, 4.69) is 17.9 Å². The standard InChI is InChI=1S/C41H62N2O12/c1-28(2)40(45)54-30(4)55-41(46)43-20-37(52-25-32-11-14-36-35(19-32)42(16-18-51-36)15-8-17-47-5)39(38(21-43)53-27-34(44)26-49-7)33-12-9-31(10-13-33)24-50-23-29(3)22-48-6/h9-14,19,28-30,34,37-39,44H,8,15-18,20-27H2,1-7H3/t29?,30?,34?,37-,38+,39+/m0/s1. The van der Waals surface area contributed by atoms with E-state index in [4.69, 9.17) is 42.6 Å². The lowest BCUT2D eigenvalue weighted by Gasteiger charge is -2.43. The van der Waals surface area contributed by atoms with Crippen LogP contribution in [-0.4, -0.2) is 134 Å². The van der Waals surface area contributed by atoms with Crippen molar-refractivity contribution in [1.29, 1.82) is 0 Å². The van der Waals surface area contributed by atoms with Gasteiger partial charge in [-0.2, -0.15) is 0 Å². The third-order valence-corrected chi connectivity index (χ3v) is 9.45. The zero-order valence-electron chi connectivity index (χ0n) is 33.6. The van der Waals surface area contributed by atoms with E-state index in [1.54, 1.807) is 28.1 Å². The highest BCUT2D eigenvalue weighted by molar-refractivity contribution is 5.72. The minimum atomic E-state index is -1.10. The number of aliphatic hydroxyl groups excluding tert-OH is 1. The molecule has 2 aromatic rings. The Morgan fingerprint density at radius 1 is 0.836 bits per heavy atom. The molecule has 2 aromatic carbocycles. The normalized spacial score (nSPS) is 20.1. The Morgan fingerprint density at radius 2 is 1.55 bits per heavy atom. The molecule has 0 saturated carbocycles. The van der Waals surface area contributed by atoms with Crippen LogP contribution in [0.2, 0.25) is 0 Å². The summed E-state index contributed by atoms with van der Waals surface area (Å²) in [6.07, 6.45) is -2.92. The van der Waals surface area contributed by atoms with Gasteiger partial charge in [0.15, 0.2) is 0 Å². The van der Waals surface area contributed by atoms with E-state index >= 15 is 0 Å². The number of hydrogen-bond acceptors (Lipinski definition) is 13. The quantitative estimate of drug-likeness (QED) is 0.0997. The predicted molar refractivity (Wildman–Crippen MR) is 205 cm³/mol. The minimum Gasteiger partial charge on any atom is -0.490 e. The van der Waals surface area contributed by atoms with Crippen molar-refractivity contribution in [2.24, 2.45) is 11.8 Å². The maximum absolute atomic E-state index is 13.6. The van der Waals surface area contributed by atoms with Gasteiger partial charge >= 0.3 is 12.1 Å². The summed E-state index contributed by atoms with van der Waals surface area (Å²) >= 11 is 0. The molecule has 2 heterocycles. The first-order valence-electron chi connectivity index (χ1n) is 19.2. The first-order chi connectivity index (χ1) is 26.5. The highest BCUT2D eigenvalue weighted by Crippen LogP contribution is 2.36. The number of ether oxygens (including phenoxy) is 9. The zero-order chi connectivity index (χ0) is 39.7. The second-order valence-corrected chi connectivity index (χ2v) is 14.6. The van der Waals surface area contributed by atoms with Crippen molar-refractivity contribution in [1.82, 2.24) is 4.90 Å². The van der Waals surface area contributed by atoms with Crippen molar-refractivity contribution in [3.63, 3.8) is 0 Å². The Balaban J connectivity index is 1.60. The number of rotatable bonds is 22. The second kappa shape index (κ2) is 22.9. The van der Waals surface area contributed by atoms with Gasteiger partial charge in [-0.1, -0.05) is 51.1 Å². The van der Waals surface area contributed by atoms with Gasteiger partial charge in [0.1, 0.15) is 18.5 Å². The van der Waals surface area contributed by atoms with Crippen molar-refractivity contribution in [2.45, 2.75) is 77.8 Å². The Morgan fingerprint density at radius 3 is 2.24 bits per heavy atom. The highest BCUT2D eigenvalue weighted by atomic mass is 16.7. The molecular formula is C41H62N2O12. The van der Waals surface area contributed by atoms with Crippen molar-refractivity contribution in [3.8, 4) is 5.75 Å². The molecule has 55 heavy (non-hydrogen) atoms. The SMILES string of the molecule is COCCCN1CCOc2ccc(CO[C@H]3CN(C(=O)OC(C)OC(=O)C(C)C)C[C@@H](OCC(O)COC)[C@@H]3c3ccc(COCC(C)COC)cc3)cc21. The van der Waals surface area contributed by atoms with Crippen LogP contribution >= 0.6 is 0 Å². The molecule has 1 fully saturated rings. The Kier molecular flexibility index (Phi) is 18.4. The number of methoxy groups -OCH3 is 3. The molecule has 2 aliphatic heterocycles. The average Bonchev–Trinajstić information content (AvgIpc) is 3.16. The number of amides is 1. The number of fused-ring (bicyclic) bond motifs is 1. The summed E-state index contributed by atoms with van der Waals surface area (Å²) in [6, 6.07) is 14.2. The van der Waals surface area contributed by atoms with Crippen LogP contribution in [0.4, 0.5) is 10.5 Å². The van der Waals surface area contributed by atoms with Gasteiger partial charge < -0.3 is 57.5 Å². The summed E-state index contributed by atoms with van der Waals surface area (Å²) in [5, 5.41) is 10.6. The summed E-state index contributed by atoms with van der Waals surface area (Å²) < 4.78 is 51.6. The third kappa shape index (κ3) is 13.9. The maximum atomic E-state index is 13.6. The maximum Gasteiger partial charge on any atom is 0.413 e. The summed E-state index contributed by atoms with van der Waals surface area (Å²) in [6.45, 7) is 12.2. The fourth-order valence-corrected chi connectivity index (χ4v) is 6.67. The monoisotopic (exact) mass is 774 g/mol. The molecule has 0 bridgehead atoms. The van der Waals surface area contributed by atoms with Crippen LogP contribution in [-0.2, 0) is 55.9 Å². The molecule has 14 heteroatoms. The number of piperidine rings is 1. The van der Waals surface area contributed by atoms with Gasteiger partial charge in [-0.3, -0.25) is 4.79 Å². The number of carbonyl (C=O) groups is 2. The van der Waals surface area contributed by atoms with E-state index in [1.807, 2.05) is 36.4 Å². The minimum absolute atomic E-state index is 0.0255. The van der Waals surface area contributed by atoms with Crippen molar-refractivity contribution in [3.05, 3.63) is 59.2 Å². The first kappa shape index (κ1) is 44.2. The number of carbonyl (C=O) groups excluding carboxylic acids is 2. The van der Waals surface area contributed by atoms with Crippen LogP contribution in [0.15, 0.2) is 42.5 Å². The fourth-order valence-electron chi connectivity index (χ4n) is 6.67. The summed E-state index contributed by atoms with van der Waals surface area (Å²) in [5.41, 5.74) is 3.90. The molecule has 6 atom stereocenters. The smallest absolute Gasteiger partial charge is 0.413 e. The van der Waals surface area contributed by atoms with Crippen LogP contribution in [0.5, 0.6) is 5.75 Å². The van der Waals surface area contributed by atoms with E-state index in [-0.39, 0.29) is 50.7 Å². The van der Waals surface area contributed by atoms with Gasteiger partial charge in [-0.05, 0) is 35.2 Å². The highest BCUT2D eigenvalue weighted by Gasteiger charge is 2.42. The van der Waals surface area contributed by atoms with Gasteiger partial charge in [0, 0.05) is 53.2 Å². The molecule has 0 radical (unpaired) electrons. The molecule has 2 aliphatic rings. The van der Waals surface area contributed by atoms with E-state index < -0.39 is 36.7 Å². The van der Waals surface area contributed by atoms with Gasteiger partial charge in [-0.15, -0.1) is 0 Å². The first-order valence-corrected chi connectivity index (χ1v) is 19.2. The average molecular weight is 775 g/mol. The van der Waals surface area contributed by atoms with Crippen LogP contribution in [0.3, 0.4) is 0 Å². The molecule has 1 saturated heterocycles. The largest absolute Gasteiger partial charge is 0.490 e. The van der Waals surface area contributed by atoms with E-state index in [0.717, 1.165) is 47.6 Å². The lowest BCUT2D eigenvalue weighted by Crippen LogP contribution is -2.55. The third-order valence-electron chi connectivity index (χ3n) is 9.45. The second-order valence-electron chi connectivity index (χ2n) is 14.6. The molecule has 3 unspecified atom stereocenters. The van der Waals surface area contributed by atoms with Gasteiger partial charge in [0.2, 0.25) is 6.29 Å². The van der Waals surface area contributed by atoms with Crippen LogP contribution in [0.1, 0.15) is 56.7 Å². The molecule has 308 valence electrons. The lowest BCUT2D eigenvalue weighted by atomic mass is 9.84. The van der Waals surface area contributed by atoms with Gasteiger partial charge in [0.05, 0.1) is 83.1 Å². The number of benzene rings is 2. The summed E-state index contributed by atoms with van der Waals surface area (Å²) in [7, 11) is 4.90. The number of anilines is 1. The van der Waals surface area contributed by atoms with Gasteiger partial charge in [-0.25, -0.2) is 4.79 Å². The Hall–Kier alpha value is -3.50. The van der Waals surface area contributed by atoms with Crippen molar-refractivity contribution in [2.75, 3.05) is 92.0 Å². The number of likely N-dealkylation sites (tertiary alicyclic amines) is 1. The predicted octanol–water partition coefficient (Wildman–Crippen LogP) is 4.78. The van der Waals surface area contributed by atoms with Crippen LogP contribution < -0.4 is 9.64 Å². The number of hydrogen-bond donors (Lipinski definition) is 1. The molecule has 0 aromatic heterocycles. The zero-order valence-corrected chi connectivity index (χ0v) is 33.6. The van der Waals surface area contributed by atoms with Crippen LogP contribution in [0.25, 0.3) is 0 Å². The summed E-state index contributed by atoms with van der Waals surface area (Å²) in [4.78, 5) is 29.7. The lowest BCUT2D eigenvalue weighted by molar-refractivity contribution is -0.171. The van der Waals surface area contributed by atoms with E-state index in [9.17, 15) is 14.7 Å². The molecule has 1 amide bonds. The summed E-state index contributed by atoms with van der Waals surface area (Å²) in [5.74, 6) is -0.0879.